The summed E-state index contributed by atoms with van der Waals surface area (Å²) in [6, 6.07) is 0. The van der Waals surface area contributed by atoms with E-state index in [0.717, 1.165) is 18.7 Å². The highest BCUT2D eigenvalue weighted by Crippen LogP contribution is 2.05. The van der Waals surface area contributed by atoms with Crippen molar-refractivity contribution in [2.45, 2.75) is 33.3 Å². The third-order valence-corrected chi connectivity index (χ3v) is 1.69. The number of likely N-dealkylation sites (N-methyl/N-ethyl adjacent to an activating group) is 1. The molecule has 0 aliphatic rings. The fraction of sp³-hybridized carbons (Fsp3) is 0.833. The summed E-state index contributed by atoms with van der Waals surface area (Å²) < 4.78 is 10.9. The van der Waals surface area contributed by atoms with Gasteiger partial charge in [0.15, 0.2) is 0 Å². The van der Waals surface area contributed by atoms with Crippen molar-refractivity contribution in [3.05, 3.63) is 12.2 Å². The Bertz CT molecular complexity index is 173. The fourth-order valence-corrected chi connectivity index (χ4v) is 0.976. The Balaban J connectivity index is 3.27. The molecule has 90 valence electrons. The van der Waals surface area contributed by atoms with Crippen LogP contribution in [0.15, 0.2) is 12.2 Å². The molecule has 0 rings (SSSR count). The lowest BCUT2D eigenvalue weighted by Crippen LogP contribution is -2.23. The van der Waals surface area contributed by atoms with Crippen molar-refractivity contribution in [1.29, 1.82) is 0 Å². The van der Waals surface area contributed by atoms with E-state index < -0.39 is 0 Å². The van der Waals surface area contributed by atoms with Crippen molar-refractivity contribution in [3.63, 3.8) is 0 Å². The smallest absolute Gasteiger partial charge is 0.0707 e. The number of nitrogens with one attached hydrogen (secondary N) is 1. The molecule has 0 aromatic rings. The highest BCUT2D eigenvalue weighted by atomic mass is 16.5. The molecule has 0 amide bonds. The molecule has 1 N–H and O–H groups in total. The molecule has 15 heavy (non-hydrogen) atoms. The number of rotatable bonds is 8. The van der Waals surface area contributed by atoms with E-state index in [9.17, 15) is 0 Å². The Kier molecular flexibility index (Phi) is 7.65. The van der Waals surface area contributed by atoms with Gasteiger partial charge in [0.25, 0.3) is 0 Å². The van der Waals surface area contributed by atoms with Gasteiger partial charge >= 0.3 is 0 Å². The maximum absolute atomic E-state index is 5.52. The molecule has 0 bridgehead atoms. The Labute approximate surface area is 93.8 Å². The van der Waals surface area contributed by atoms with Crippen molar-refractivity contribution in [3.8, 4) is 0 Å². The van der Waals surface area contributed by atoms with Gasteiger partial charge in [0.1, 0.15) is 0 Å². The third-order valence-electron chi connectivity index (χ3n) is 1.69. The second kappa shape index (κ2) is 7.85. The van der Waals surface area contributed by atoms with Crippen LogP contribution >= 0.6 is 0 Å². The zero-order valence-corrected chi connectivity index (χ0v) is 10.6. The van der Waals surface area contributed by atoms with Crippen molar-refractivity contribution in [2.75, 3.05) is 32.9 Å². The monoisotopic (exact) mass is 215 g/mol. The minimum Gasteiger partial charge on any atom is -0.375 e. The molecule has 0 saturated heterocycles. The molecule has 0 saturated carbocycles. The summed E-state index contributed by atoms with van der Waals surface area (Å²) in [7, 11) is 0. The van der Waals surface area contributed by atoms with E-state index in [1.165, 1.54) is 0 Å². The van der Waals surface area contributed by atoms with Gasteiger partial charge in [-0.05, 0) is 32.9 Å². The second-order valence-corrected chi connectivity index (χ2v) is 4.54. The molecule has 0 heterocycles. The lowest BCUT2D eigenvalue weighted by Gasteiger charge is -2.19. The van der Waals surface area contributed by atoms with Gasteiger partial charge in [-0.2, -0.15) is 0 Å². The van der Waals surface area contributed by atoms with Crippen LogP contribution in [0.4, 0.5) is 0 Å². The molecular weight excluding hydrogens is 190 g/mol. The van der Waals surface area contributed by atoms with E-state index >= 15 is 0 Å². The van der Waals surface area contributed by atoms with Crippen LogP contribution < -0.4 is 5.32 Å². The average molecular weight is 215 g/mol. The van der Waals surface area contributed by atoms with Crippen molar-refractivity contribution >= 4 is 0 Å². The molecular formula is C12H25NO2. The van der Waals surface area contributed by atoms with E-state index in [2.05, 4.69) is 18.8 Å². The van der Waals surface area contributed by atoms with Gasteiger partial charge in [-0.3, -0.25) is 0 Å². The van der Waals surface area contributed by atoms with Crippen LogP contribution in [0.5, 0.6) is 0 Å². The summed E-state index contributed by atoms with van der Waals surface area (Å²) in [4.78, 5) is 0. The molecule has 3 nitrogen and oxygen atoms in total. The summed E-state index contributed by atoms with van der Waals surface area (Å²) in [5, 5.41) is 3.20. The SMILES string of the molecule is C=C(CNCC)COCCOC(C)(C)C. The van der Waals surface area contributed by atoms with Crippen LogP contribution in [0.25, 0.3) is 0 Å². The van der Waals surface area contributed by atoms with Crippen LogP contribution in [0, 0.1) is 0 Å². The first-order valence-corrected chi connectivity index (χ1v) is 5.55. The summed E-state index contributed by atoms with van der Waals surface area (Å²) in [5.41, 5.74) is 0.997. The third kappa shape index (κ3) is 11.5. The average Bonchev–Trinajstić information content (AvgIpc) is 2.12. The molecule has 0 spiro atoms. The van der Waals surface area contributed by atoms with Crippen molar-refractivity contribution in [2.24, 2.45) is 0 Å². The highest BCUT2D eigenvalue weighted by molar-refractivity contribution is 4.96. The maximum Gasteiger partial charge on any atom is 0.0707 e. The molecule has 0 aliphatic carbocycles. The Morgan fingerprint density at radius 2 is 1.93 bits per heavy atom. The number of hydrogen-bond acceptors (Lipinski definition) is 3. The molecule has 3 heteroatoms. The van der Waals surface area contributed by atoms with Crippen LogP contribution in [0.1, 0.15) is 27.7 Å². The second-order valence-electron chi connectivity index (χ2n) is 4.54. The highest BCUT2D eigenvalue weighted by Gasteiger charge is 2.08. The zero-order valence-electron chi connectivity index (χ0n) is 10.6. The molecule has 0 radical (unpaired) electrons. The molecule has 0 aromatic carbocycles. The van der Waals surface area contributed by atoms with Gasteiger partial charge < -0.3 is 14.8 Å². The largest absolute Gasteiger partial charge is 0.375 e. The minimum atomic E-state index is -0.0792. The van der Waals surface area contributed by atoms with Gasteiger partial charge in [0, 0.05) is 6.54 Å². The van der Waals surface area contributed by atoms with Gasteiger partial charge in [-0.15, -0.1) is 0 Å². The van der Waals surface area contributed by atoms with Crippen LogP contribution in [0.3, 0.4) is 0 Å². The summed E-state index contributed by atoms with van der Waals surface area (Å²) in [6.45, 7) is 15.8. The topological polar surface area (TPSA) is 30.5 Å². The van der Waals surface area contributed by atoms with E-state index in [4.69, 9.17) is 9.47 Å². The summed E-state index contributed by atoms with van der Waals surface area (Å²) >= 11 is 0. The predicted molar refractivity (Wildman–Crippen MR) is 64.2 cm³/mol. The Hall–Kier alpha value is -0.380. The maximum atomic E-state index is 5.52. The van der Waals surface area contributed by atoms with Gasteiger partial charge in [0.2, 0.25) is 0 Å². The fourth-order valence-electron chi connectivity index (χ4n) is 0.976. The first kappa shape index (κ1) is 14.6. The normalized spacial score (nSPS) is 11.7. The Morgan fingerprint density at radius 1 is 1.27 bits per heavy atom. The summed E-state index contributed by atoms with van der Waals surface area (Å²) in [5.74, 6) is 0. The molecule has 0 fully saturated rings. The Morgan fingerprint density at radius 3 is 2.47 bits per heavy atom. The molecule has 0 unspecified atom stereocenters. The molecule has 0 atom stereocenters. The van der Waals surface area contributed by atoms with Crippen molar-refractivity contribution in [1.82, 2.24) is 5.32 Å². The molecule has 0 aliphatic heterocycles. The quantitative estimate of drug-likeness (QED) is 0.496. The zero-order chi connectivity index (χ0) is 11.7. The van der Waals surface area contributed by atoms with E-state index in [-0.39, 0.29) is 5.60 Å². The first-order valence-electron chi connectivity index (χ1n) is 5.55. The van der Waals surface area contributed by atoms with Crippen LogP contribution in [0.2, 0.25) is 0 Å². The summed E-state index contributed by atoms with van der Waals surface area (Å²) in [6.07, 6.45) is 0. The molecule has 0 aromatic heterocycles. The van der Waals surface area contributed by atoms with Crippen molar-refractivity contribution < 1.29 is 9.47 Å². The van der Waals surface area contributed by atoms with Gasteiger partial charge in [-0.25, -0.2) is 0 Å². The number of ether oxygens (including phenoxy) is 2. The van der Waals surface area contributed by atoms with Gasteiger partial charge in [-0.1, -0.05) is 13.5 Å². The van der Waals surface area contributed by atoms with Gasteiger partial charge in [0.05, 0.1) is 25.4 Å². The lowest BCUT2D eigenvalue weighted by molar-refractivity contribution is -0.0320. The number of hydrogen-bond donors (Lipinski definition) is 1. The van der Waals surface area contributed by atoms with E-state index in [1.807, 2.05) is 20.8 Å². The first-order chi connectivity index (χ1) is 6.95. The minimum absolute atomic E-state index is 0.0792. The standard InChI is InChI=1S/C12H25NO2/c1-6-13-9-11(2)10-14-7-8-15-12(3,4)5/h13H,2,6-10H2,1,3-5H3. The van der Waals surface area contributed by atoms with Crippen LogP contribution in [-0.4, -0.2) is 38.5 Å². The van der Waals surface area contributed by atoms with E-state index in [0.29, 0.717) is 19.8 Å². The van der Waals surface area contributed by atoms with E-state index in [1.54, 1.807) is 0 Å². The lowest BCUT2D eigenvalue weighted by atomic mass is 10.2. The van der Waals surface area contributed by atoms with Crippen LogP contribution in [-0.2, 0) is 9.47 Å². The predicted octanol–water partition coefficient (Wildman–Crippen LogP) is 1.98.